The van der Waals surface area contributed by atoms with Gasteiger partial charge < -0.3 is 4.55 Å². The predicted octanol–water partition coefficient (Wildman–Crippen LogP) is 2.96. The fraction of sp³-hybridized carbons (Fsp3) is 0.750. The normalized spacial score (nSPS) is 26.7. The topological polar surface area (TPSA) is 72.9 Å². The highest BCUT2D eigenvalue weighted by atomic mass is 32.2. The summed E-state index contributed by atoms with van der Waals surface area (Å²) in [6.45, 7) is 3.35. The lowest BCUT2D eigenvalue weighted by molar-refractivity contribution is -0.209. The van der Waals surface area contributed by atoms with Gasteiger partial charge in [0, 0.05) is 11.4 Å². The molecule has 1 atom stereocenters. The molecule has 7 heteroatoms. The van der Waals surface area contributed by atoms with Crippen LogP contribution in [0.2, 0.25) is 0 Å². The van der Waals surface area contributed by atoms with Gasteiger partial charge in [0.15, 0.2) is 10.2 Å². The molecule has 1 rings (SSSR count). The van der Waals surface area contributed by atoms with E-state index in [9.17, 15) is 17.7 Å². The maximum atomic E-state index is 12.9. The number of nitrogens with two attached hydrogens (primary N) is 1. The molecule has 3 nitrogen and oxygen atoms in total. The molecule has 1 aliphatic rings. The summed E-state index contributed by atoms with van der Waals surface area (Å²) in [6, 6.07) is 1.43. The molecule has 1 saturated carbocycles. The highest BCUT2D eigenvalue weighted by molar-refractivity contribution is 7.90. The Balaban J connectivity index is 2.84. The number of allylic oxidation sites excluding steroid dienone is 1. The van der Waals surface area contributed by atoms with Gasteiger partial charge in [0.2, 0.25) is 0 Å². The Labute approximate surface area is 114 Å². The first-order valence-electron chi connectivity index (χ1n) is 5.89. The molecule has 0 amide bonds. The molecule has 0 heterocycles. The summed E-state index contributed by atoms with van der Waals surface area (Å²) >= 11 is -1.58. The standard InChI is InChI=1S/C12H17F3N2OS/c1-10(2,19(17)18)7-9-3-5-11(8-16,6-4-9)12(13,14)15/h7H,3-6,17H2,1-2H3. The Kier molecular flexibility index (Phi) is 4.60. The molecule has 0 aliphatic heterocycles. The summed E-state index contributed by atoms with van der Waals surface area (Å²) in [5.41, 5.74) is -1.45. The number of hydrogen-bond donors (Lipinski definition) is 1. The molecule has 2 N–H and O–H groups in total. The van der Waals surface area contributed by atoms with E-state index in [1.54, 1.807) is 19.9 Å². The molecule has 1 fully saturated rings. The van der Waals surface area contributed by atoms with E-state index < -0.39 is 27.7 Å². The van der Waals surface area contributed by atoms with E-state index in [-0.39, 0.29) is 25.7 Å². The van der Waals surface area contributed by atoms with Crippen molar-refractivity contribution in [1.29, 1.82) is 5.26 Å². The van der Waals surface area contributed by atoms with Crippen molar-refractivity contribution in [3.63, 3.8) is 0 Å². The van der Waals surface area contributed by atoms with Gasteiger partial charge in [-0.3, -0.25) is 0 Å². The first kappa shape index (κ1) is 16.3. The van der Waals surface area contributed by atoms with E-state index in [2.05, 4.69) is 0 Å². The van der Waals surface area contributed by atoms with Crippen molar-refractivity contribution >= 4 is 11.4 Å². The molecule has 0 aromatic rings. The average molecular weight is 294 g/mol. The molecule has 0 spiro atoms. The number of alkyl halides is 3. The van der Waals surface area contributed by atoms with Gasteiger partial charge >= 0.3 is 6.18 Å². The minimum atomic E-state index is -4.50. The Hall–Kier alpha value is -0.710. The molecule has 0 saturated heterocycles. The second-order valence-corrected chi connectivity index (χ2v) is 7.04. The van der Waals surface area contributed by atoms with E-state index in [1.165, 1.54) is 6.07 Å². The van der Waals surface area contributed by atoms with Crippen LogP contribution < -0.4 is 5.14 Å². The fourth-order valence-electron chi connectivity index (χ4n) is 2.15. The van der Waals surface area contributed by atoms with Gasteiger partial charge in [0.1, 0.15) is 0 Å². The molecule has 0 aromatic carbocycles. The number of hydrogen-bond acceptors (Lipinski definition) is 3. The van der Waals surface area contributed by atoms with Crippen LogP contribution in [-0.4, -0.2) is 15.5 Å². The van der Waals surface area contributed by atoms with Gasteiger partial charge in [-0.15, -0.1) is 0 Å². The quantitative estimate of drug-likeness (QED) is 0.628. The Bertz CT molecular complexity index is 400. The monoisotopic (exact) mass is 294 g/mol. The molecular formula is C12H17F3N2OS. The van der Waals surface area contributed by atoms with Crippen LogP contribution in [0, 0.1) is 16.7 Å². The van der Waals surface area contributed by atoms with Crippen LogP contribution in [0.4, 0.5) is 13.2 Å². The van der Waals surface area contributed by atoms with E-state index >= 15 is 0 Å². The summed E-state index contributed by atoms with van der Waals surface area (Å²) < 4.78 is 49.2. The van der Waals surface area contributed by atoms with Crippen LogP contribution in [0.3, 0.4) is 0 Å². The third-order valence-corrected chi connectivity index (χ3v) is 4.73. The summed E-state index contributed by atoms with van der Waals surface area (Å²) in [5, 5.41) is 14.2. The molecule has 0 bridgehead atoms. The third-order valence-electron chi connectivity index (χ3n) is 3.57. The van der Waals surface area contributed by atoms with Crippen LogP contribution >= 0.6 is 0 Å². The number of rotatable bonds is 2. The van der Waals surface area contributed by atoms with Gasteiger partial charge in [-0.05, 0) is 45.6 Å². The largest absolute Gasteiger partial charge is 0.598 e. The first-order chi connectivity index (χ1) is 8.54. The Morgan fingerprint density at radius 3 is 2.16 bits per heavy atom. The Morgan fingerprint density at radius 1 is 1.37 bits per heavy atom. The number of halogens is 3. The average Bonchev–Trinajstić information content (AvgIpc) is 2.28. The van der Waals surface area contributed by atoms with E-state index in [4.69, 9.17) is 10.4 Å². The van der Waals surface area contributed by atoms with Crippen LogP contribution in [0.15, 0.2) is 11.6 Å². The van der Waals surface area contributed by atoms with E-state index in [1.807, 2.05) is 0 Å². The zero-order valence-corrected chi connectivity index (χ0v) is 11.7. The minimum absolute atomic E-state index is 0.188. The molecule has 108 valence electrons. The highest BCUT2D eigenvalue weighted by Gasteiger charge is 2.56. The van der Waals surface area contributed by atoms with Gasteiger partial charge in [-0.1, -0.05) is 5.57 Å². The van der Waals surface area contributed by atoms with Crippen molar-refractivity contribution in [1.82, 2.24) is 0 Å². The predicted molar refractivity (Wildman–Crippen MR) is 67.1 cm³/mol. The lowest BCUT2D eigenvalue weighted by Gasteiger charge is -2.34. The lowest BCUT2D eigenvalue weighted by atomic mass is 9.72. The highest BCUT2D eigenvalue weighted by Crippen LogP contribution is 2.49. The van der Waals surface area contributed by atoms with Crippen molar-refractivity contribution < 1.29 is 17.7 Å². The van der Waals surface area contributed by atoms with Crippen molar-refractivity contribution in [3.05, 3.63) is 11.6 Å². The second kappa shape index (κ2) is 5.35. The Morgan fingerprint density at radius 2 is 1.84 bits per heavy atom. The summed E-state index contributed by atoms with van der Waals surface area (Å²) in [5.74, 6) is 0. The van der Waals surface area contributed by atoms with Crippen LogP contribution in [0.25, 0.3) is 0 Å². The SMILES string of the molecule is CC(C)(C=C1CCC(C#N)(C(F)(F)F)CC1)[S+](N)[O-]. The molecule has 19 heavy (non-hydrogen) atoms. The van der Waals surface area contributed by atoms with Crippen LogP contribution in [0.1, 0.15) is 39.5 Å². The maximum Gasteiger partial charge on any atom is 0.407 e. The van der Waals surface area contributed by atoms with E-state index in [0.29, 0.717) is 0 Å². The zero-order chi connectivity index (χ0) is 14.9. The van der Waals surface area contributed by atoms with Gasteiger partial charge in [0.05, 0.1) is 6.07 Å². The van der Waals surface area contributed by atoms with Gasteiger partial charge in [-0.2, -0.15) is 23.6 Å². The fourth-order valence-corrected chi connectivity index (χ4v) is 2.43. The zero-order valence-electron chi connectivity index (χ0n) is 10.9. The van der Waals surface area contributed by atoms with Crippen molar-refractivity contribution in [2.45, 2.75) is 50.5 Å². The minimum Gasteiger partial charge on any atom is -0.598 e. The third kappa shape index (κ3) is 3.44. The number of nitriles is 1. The van der Waals surface area contributed by atoms with Crippen molar-refractivity contribution in [2.24, 2.45) is 10.6 Å². The van der Waals surface area contributed by atoms with Crippen molar-refractivity contribution in [3.8, 4) is 6.07 Å². The molecule has 1 unspecified atom stereocenters. The van der Waals surface area contributed by atoms with Gasteiger partial charge in [-0.25, -0.2) is 0 Å². The molecule has 1 aliphatic carbocycles. The molecule has 0 radical (unpaired) electrons. The second-order valence-electron chi connectivity index (χ2n) is 5.40. The summed E-state index contributed by atoms with van der Waals surface area (Å²) in [6.07, 6.45) is -2.93. The first-order valence-corrected chi connectivity index (χ1v) is 7.10. The summed E-state index contributed by atoms with van der Waals surface area (Å²) in [7, 11) is 0. The van der Waals surface area contributed by atoms with E-state index in [0.717, 1.165) is 5.57 Å². The smallest absolute Gasteiger partial charge is 0.407 e. The summed E-state index contributed by atoms with van der Waals surface area (Å²) in [4.78, 5) is 0. The maximum absolute atomic E-state index is 12.9. The van der Waals surface area contributed by atoms with Crippen LogP contribution in [0.5, 0.6) is 0 Å². The lowest BCUT2D eigenvalue weighted by Crippen LogP contribution is -2.40. The number of nitrogens with zero attached hydrogens (tertiary/aromatic N) is 1. The van der Waals surface area contributed by atoms with Gasteiger partial charge in [0.25, 0.3) is 0 Å². The van der Waals surface area contributed by atoms with Crippen LogP contribution in [-0.2, 0) is 11.4 Å². The molecular weight excluding hydrogens is 277 g/mol. The molecule has 0 aromatic heterocycles. The van der Waals surface area contributed by atoms with Crippen molar-refractivity contribution in [2.75, 3.05) is 0 Å².